The molecule has 7 heteroatoms. The van der Waals surface area contributed by atoms with Crippen LogP contribution in [0, 0.1) is 6.92 Å². The lowest BCUT2D eigenvalue weighted by Gasteiger charge is -2.14. The molecule has 2 aromatic carbocycles. The molecule has 0 aliphatic rings. The second-order valence-electron chi connectivity index (χ2n) is 5.66. The normalized spacial score (nSPS) is 11.9. The molecule has 0 heterocycles. The van der Waals surface area contributed by atoms with Crippen molar-refractivity contribution in [3.8, 4) is 17.2 Å². The van der Waals surface area contributed by atoms with Gasteiger partial charge in [0.2, 0.25) is 0 Å². The van der Waals surface area contributed by atoms with Gasteiger partial charge in [0.1, 0.15) is 11.9 Å². The Kier molecular flexibility index (Phi) is 9.04. The summed E-state index contributed by atoms with van der Waals surface area (Å²) in [6.07, 6.45) is -0.0894. The molecule has 0 aliphatic heterocycles. The van der Waals surface area contributed by atoms with Crippen molar-refractivity contribution in [3.05, 3.63) is 48.0 Å². The van der Waals surface area contributed by atoms with Crippen molar-refractivity contribution in [1.82, 2.24) is 0 Å². The van der Waals surface area contributed by atoms with Gasteiger partial charge >= 0.3 is 0 Å². The first-order chi connectivity index (χ1) is 12.0. The molecular weight excluding hydrogens is 445 g/mol. The van der Waals surface area contributed by atoms with E-state index in [1.807, 2.05) is 44.2 Å². The fourth-order valence-corrected chi connectivity index (χ4v) is 2.21. The molecule has 26 heavy (non-hydrogen) atoms. The summed E-state index contributed by atoms with van der Waals surface area (Å²) < 4.78 is 16.3. The molecule has 0 radical (unpaired) electrons. The van der Waals surface area contributed by atoms with Gasteiger partial charge in [-0.2, -0.15) is 0 Å². The predicted molar refractivity (Wildman–Crippen MR) is 116 cm³/mol. The van der Waals surface area contributed by atoms with Gasteiger partial charge in [-0.25, -0.2) is 4.99 Å². The molecule has 0 fully saturated rings. The van der Waals surface area contributed by atoms with E-state index in [1.54, 1.807) is 26.4 Å². The van der Waals surface area contributed by atoms with Crippen LogP contribution in [0.25, 0.3) is 0 Å². The molecule has 0 saturated heterocycles. The molecule has 142 valence electrons. The number of nitrogens with one attached hydrogen (secondary N) is 1. The van der Waals surface area contributed by atoms with Crippen LogP contribution in [-0.2, 0) is 0 Å². The molecule has 1 atom stereocenters. The number of methoxy groups -OCH3 is 2. The number of nitrogens with zero attached hydrogens (tertiary/aromatic N) is 1. The molecule has 0 saturated carbocycles. The molecule has 1 unspecified atom stereocenters. The van der Waals surface area contributed by atoms with E-state index in [-0.39, 0.29) is 30.1 Å². The number of guanidine groups is 1. The van der Waals surface area contributed by atoms with Crippen LogP contribution in [0.15, 0.2) is 47.5 Å². The third kappa shape index (κ3) is 6.62. The maximum atomic E-state index is 5.94. The van der Waals surface area contributed by atoms with E-state index < -0.39 is 0 Å². The second-order valence-corrected chi connectivity index (χ2v) is 5.66. The number of aryl methyl sites for hydroxylation is 1. The minimum Gasteiger partial charge on any atom is -0.493 e. The van der Waals surface area contributed by atoms with Gasteiger partial charge in [0.05, 0.1) is 20.8 Å². The topological polar surface area (TPSA) is 78.1 Å². The summed E-state index contributed by atoms with van der Waals surface area (Å²) in [4.78, 5) is 4.32. The lowest BCUT2D eigenvalue weighted by atomic mass is 10.2. The Hall–Kier alpha value is -2.16. The monoisotopic (exact) mass is 471 g/mol. The lowest BCUT2D eigenvalue weighted by molar-refractivity contribution is 0.230. The Bertz CT molecular complexity index is 720. The van der Waals surface area contributed by atoms with Gasteiger partial charge in [-0.05, 0) is 38.1 Å². The van der Waals surface area contributed by atoms with Crippen LogP contribution in [0.2, 0.25) is 0 Å². The SMILES string of the molecule is COc1ccc(NC(N)=NCC(C)Oc2ccc(C)cc2)cc1OC.I. The fraction of sp³-hybridized carbons (Fsp3) is 0.316. The molecule has 0 aromatic heterocycles. The van der Waals surface area contributed by atoms with Crippen molar-refractivity contribution in [3.63, 3.8) is 0 Å². The molecule has 6 nitrogen and oxygen atoms in total. The van der Waals surface area contributed by atoms with Crippen molar-refractivity contribution >= 4 is 35.6 Å². The van der Waals surface area contributed by atoms with Crippen molar-refractivity contribution in [2.45, 2.75) is 20.0 Å². The number of halogens is 1. The van der Waals surface area contributed by atoms with E-state index in [0.29, 0.717) is 24.0 Å². The van der Waals surface area contributed by atoms with Crippen molar-refractivity contribution < 1.29 is 14.2 Å². The van der Waals surface area contributed by atoms with Gasteiger partial charge in [-0.15, -0.1) is 24.0 Å². The van der Waals surface area contributed by atoms with Gasteiger partial charge in [-0.3, -0.25) is 0 Å². The maximum absolute atomic E-state index is 5.94. The predicted octanol–water partition coefficient (Wildman–Crippen LogP) is 3.82. The van der Waals surface area contributed by atoms with Crippen LogP contribution in [0.5, 0.6) is 17.2 Å². The summed E-state index contributed by atoms with van der Waals surface area (Å²) >= 11 is 0. The molecular formula is C19H26IN3O3. The molecule has 0 amide bonds. The van der Waals surface area contributed by atoms with Gasteiger partial charge in [0, 0.05) is 11.8 Å². The van der Waals surface area contributed by atoms with Crippen molar-refractivity contribution in [1.29, 1.82) is 0 Å². The smallest absolute Gasteiger partial charge is 0.193 e. The number of hydrogen-bond donors (Lipinski definition) is 2. The van der Waals surface area contributed by atoms with E-state index in [1.165, 1.54) is 5.56 Å². The zero-order chi connectivity index (χ0) is 18.2. The number of hydrogen-bond acceptors (Lipinski definition) is 4. The largest absolute Gasteiger partial charge is 0.493 e. The standard InChI is InChI=1S/C19H25N3O3.HI/c1-13-5-8-16(9-6-13)25-14(2)12-21-19(20)22-15-7-10-17(23-3)18(11-15)24-4;/h5-11,14H,12H2,1-4H3,(H3,20,21,22);1H. The summed E-state index contributed by atoms with van der Waals surface area (Å²) in [6.45, 7) is 4.44. The third-order valence-electron chi connectivity index (χ3n) is 3.53. The van der Waals surface area contributed by atoms with E-state index in [4.69, 9.17) is 19.9 Å². The first kappa shape index (κ1) is 21.9. The zero-order valence-electron chi connectivity index (χ0n) is 15.5. The van der Waals surface area contributed by atoms with Gasteiger partial charge in [0.25, 0.3) is 0 Å². The minimum atomic E-state index is -0.0894. The number of benzene rings is 2. The average Bonchev–Trinajstić information content (AvgIpc) is 2.62. The van der Waals surface area contributed by atoms with E-state index in [9.17, 15) is 0 Å². The highest BCUT2D eigenvalue weighted by Gasteiger charge is 2.06. The molecule has 0 bridgehead atoms. The number of nitrogens with two attached hydrogens (primary N) is 1. The lowest BCUT2D eigenvalue weighted by Crippen LogP contribution is -2.25. The number of rotatable bonds is 7. The molecule has 0 spiro atoms. The Morgan fingerprint density at radius 1 is 1.08 bits per heavy atom. The van der Waals surface area contributed by atoms with Crippen LogP contribution >= 0.6 is 24.0 Å². The summed E-state index contributed by atoms with van der Waals surface area (Å²) in [5.74, 6) is 2.41. The van der Waals surface area contributed by atoms with Gasteiger partial charge in [-0.1, -0.05) is 17.7 Å². The molecule has 0 aliphatic carbocycles. The fourth-order valence-electron chi connectivity index (χ4n) is 2.21. The molecule has 2 rings (SSSR count). The second kappa shape index (κ2) is 10.7. The van der Waals surface area contributed by atoms with Crippen LogP contribution in [0.1, 0.15) is 12.5 Å². The third-order valence-corrected chi connectivity index (χ3v) is 3.53. The summed E-state index contributed by atoms with van der Waals surface area (Å²) in [5, 5.41) is 3.03. The van der Waals surface area contributed by atoms with E-state index >= 15 is 0 Å². The van der Waals surface area contributed by atoms with E-state index in [0.717, 1.165) is 11.4 Å². The minimum absolute atomic E-state index is 0. The van der Waals surface area contributed by atoms with Crippen LogP contribution < -0.4 is 25.3 Å². The number of anilines is 1. The summed E-state index contributed by atoms with van der Waals surface area (Å²) in [7, 11) is 3.18. The zero-order valence-corrected chi connectivity index (χ0v) is 17.8. The number of aliphatic imine (C=N–C) groups is 1. The first-order valence-corrected chi connectivity index (χ1v) is 8.04. The van der Waals surface area contributed by atoms with Crippen molar-refractivity contribution in [2.75, 3.05) is 26.1 Å². The number of ether oxygens (including phenoxy) is 3. The highest BCUT2D eigenvalue weighted by atomic mass is 127. The van der Waals surface area contributed by atoms with Gasteiger partial charge < -0.3 is 25.3 Å². The quantitative estimate of drug-likeness (QED) is 0.365. The maximum Gasteiger partial charge on any atom is 0.193 e. The Balaban J connectivity index is 0.00000338. The van der Waals surface area contributed by atoms with Crippen molar-refractivity contribution in [2.24, 2.45) is 10.7 Å². The van der Waals surface area contributed by atoms with Crippen LogP contribution in [0.4, 0.5) is 5.69 Å². The highest BCUT2D eigenvalue weighted by Crippen LogP contribution is 2.29. The molecule has 3 N–H and O–H groups in total. The average molecular weight is 471 g/mol. The van der Waals surface area contributed by atoms with Crippen LogP contribution in [-0.4, -0.2) is 32.8 Å². The van der Waals surface area contributed by atoms with Gasteiger partial charge in [0.15, 0.2) is 17.5 Å². The Morgan fingerprint density at radius 3 is 2.35 bits per heavy atom. The first-order valence-electron chi connectivity index (χ1n) is 8.04. The van der Waals surface area contributed by atoms with E-state index in [2.05, 4.69) is 10.3 Å². The summed E-state index contributed by atoms with van der Waals surface area (Å²) in [6, 6.07) is 13.4. The Labute approximate surface area is 171 Å². The molecule has 2 aromatic rings. The Morgan fingerprint density at radius 2 is 1.73 bits per heavy atom. The summed E-state index contributed by atoms with van der Waals surface area (Å²) in [5.41, 5.74) is 7.91. The highest BCUT2D eigenvalue weighted by molar-refractivity contribution is 14.0. The van der Waals surface area contributed by atoms with Crippen LogP contribution in [0.3, 0.4) is 0 Å².